The molecule has 1 heterocycles. The Bertz CT molecular complexity index is 631. The quantitative estimate of drug-likeness (QED) is 0.655. The van der Waals surface area contributed by atoms with Gasteiger partial charge >= 0.3 is 0 Å². The molecule has 4 nitrogen and oxygen atoms in total. The maximum Gasteiger partial charge on any atom is 0.197 e. The van der Waals surface area contributed by atoms with Crippen LogP contribution in [0.2, 0.25) is 0 Å². The summed E-state index contributed by atoms with van der Waals surface area (Å²) in [4.78, 5) is 11.6. The summed E-state index contributed by atoms with van der Waals surface area (Å²) in [5, 5.41) is 0.928. The molecule has 1 saturated carbocycles. The first-order chi connectivity index (χ1) is 9.69. The van der Waals surface area contributed by atoms with Crippen LogP contribution < -0.4 is 9.46 Å². The van der Waals surface area contributed by atoms with E-state index in [0.717, 1.165) is 24.0 Å². The van der Waals surface area contributed by atoms with Crippen LogP contribution in [0.25, 0.3) is 11.0 Å². The maximum atomic E-state index is 11.6. The van der Waals surface area contributed by atoms with E-state index in [1.54, 1.807) is 6.07 Å². The molecule has 0 spiro atoms. The number of rotatable bonds is 5. The number of nitrogens with one attached hydrogen (secondary N) is 1. The van der Waals surface area contributed by atoms with Crippen molar-refractivity contribution in [2.75, 3.05) is 0 Å². The fourth-order valence-electron chi connectivity index (χ4n) is 2.36. The number of hydrogen-bond donors (Lipinski definition) is 2. The van der Waals surface area contributed by atoms with E-state index >= 15 is 0 Å². The Morgan fingerprint density at radius 3 is 2.95 bits per heavy atom. The van der Waals surface area contributed by atoms with E-state index in [1.807, 2.05) is 25.1 Å². The Hall–Kier alpha value is -1.46. The Balaban J connectivity index is 1.75. The predicted molar refractivity (Wildman–Crippen MR) is 80.4 cm³/mol. The van der Waals surface area contributed by atoms with Crippen LogP contribution in [0.4, 0.5) is 0 Å². The van der Waals surface area contributed by atoms with Gasteiger partial charge in [0, 0.05) is 36.8 Å². The topological polar surface area (TPSA) is 51.5 Å². The van der Waals surface area contributed by atoms with E-state index in [2.05, 4.69) is 17.5 Å². The van der Waals surface area contributed by atoms with E-state index in [0.29, 0.717) is 23.8 Å². The van der Waals surface area contributed by atoms with Crippen molar-refractivity contribution in [3.8, 4) is 5.75 Å². The average molecular weight is 291 g/mol. The zero-order valence-electron chi connectivity index (χ0n) is 11.3. The molecule has 1 fully saturated rings. The van der Waals surface area contributed by atoms with E-state index in [1.165, 1.54) is 0 Å². The number of ether oxygens (including phenoxy) is 1. The Kier molecular flexibility index (Phi) is 3.72. The van der Waals surface area contributed by atoms with E-state index in [-0.39, 0.29) is 11.9 Å². The standard InChI is InChI=1S/C15H17NO3S/c1-2-13(17)15-5-9-3-4-11(8-14(9)19-15)18-12-6-10(7-12)16-20/h3-5,8,10,12,16,20H,2,6-7H2,1H3/t10-,12+. The van der Waals surface area contributed by atoms with Crippen LogP contribution in [0.15, 0.2) is 28.7 Å². The van der Waals surface area contributed by atoms with Crippen LogP contribution in [-0.2, 0) is 0 Å². The summed E-state index contributed by atoms with van der Waals surface area (Å²) >= 11 is 4.04. The number of carbonyl (C=O) groups excluding carboxylic acids is 1. The molecule has 1 aliphatic carbocycles. The number of benzene rings is 1. The summed E-state index contributed by atoms with van der Waals surface area (Å²) in [6.45, 7) is 1.83. The first kappa shape index (κ1) is 13.5. The second-order valence-corrected chi connectivity index (χ2v) is 5.38. The van der Waals surface area contributed by atoms with Crippen molar-refractivity contribution >= 4 is 29.6 Å². The van der Waals surface area contributed by atoms with Gasteiger partial charge in [0.2, 0.25) is 0 Å². The minimum absolute atomic E-state index is 0.0188. The third-order valence-corrected chi connectivity index (χ3v) is 4.03. The summed E-state index contributed by atoms with van der Waals surface area (Å²) < 4.78 is 14.4. The molecule has 0 atom stereocenters. The second-order valence-electron chi connectivity index (χ2n) is 5.12. The highest BCUT2D eigenvalue weighted by atomic mass is 32.1. The zero-order chi connectivity index (χ0) is 14.1. The molecule has 0 amide bonds. The molecule has 2 aromatic rings. The predicted octanol–water partition coefficient (Wildman–Crippen LogP) is 3.37. The number of ketones is 1. The molecule has 1 N–H and O–H groups in total. The number of hydrogen-bond acceptors (Lipinski definition) is 5. The fraction of sp³-hybridized carbons (Fsp3) is 0.400. The van der Waals surface area contributed by atoms with Crippen LogP contribution in [-0.4, -0.2) is 17.9 Å². The molecule has 0 unspecified atom stereocenters. The molecule has 0 bridgehead atoms. The van der Waals surface area contributed by atoms with Gasteiger partial charge in [-0.1, -0.05) is 19.7 Å². The highest BCUT2D eigenvalue weighted by Gasteiger charge is 2.29. The number of thiol groups is 1. The van der Waals surface area contributed by atoms with Gasteiger partial charge in [0.05, 0.1) is 0 Å². The molecule has 106 valence electrons. The number of carbonyl (C=O) groups is 1. The van der Waals surface area contributed by atoms with Gasteiger partial charge in [0.25, 0.3) is 0 Å². The van der Waals surface area contributed by atoms with E-state index < -0.39 is 0 Å². The lowest BCUT2D eigenvalue weighted by Crippen LogP contribution is -2.43. The molecule has 20 heavy (non-hydrogen) atoms. The lowest BCUT2D eigenvalue weighted by Gasteiger charge is -2.34. The summed E-state index contributed by atoms with van der Waals surface area (Å²) in [7, 11) is 0. The second kappa shape index (κ2) is 5.50. The van der Waals surface area contributed by atoms with E-state index in [9.17, 15) is 4.79 Å². The first-order valence-corrected chi connectivity index (χ1v) is 7.27. The number of furan rings is 1. The van der Waals surface area contributed by atoms with Gasteiger partial charge in [-0.25, -0.2) is 0 Å². The molecule has 0 aliphatic heterocycles. The van der Waals surface area contributed by atoms with Gasteiger partial charge < -0.3 is 9.15 Å². The van der Waals surface area contributed by atoms with Crippen molar-refractivity contribution in [1.29, 1.82) is 0 Å². The lowest BCUT2D eigenvalue weighted by molar-refractivity contribution is 0.0951. The van der Waals surface area contributed by atoms with E-state index in [4.69, 9.17) is 9.15 Å². The normalized spacial score (nSPS) is 21.7. The summed E-state index contributed by atoms with van der Waals surface area (Å²) in [5.74, 6) is 1.22. The molecule has 3 rings (SSSR count). The Morgan fingerprint density at radius 1 is 1.45 bits per heavy atom. The highest BCUT2D eigenvalue weighted by Crippen LogP contribution is 2.29. The maximum absolute atomic E-state index is 11.6. The van der Waals surface area contributed by atoms with Crippen molar-refractivity contribution < 1.29 is 13.9 Å². The Morgan fingerprint density at radius 2 is 2.25 bits per heavy atom. The van der Waals surface area contributed by atoms with Crippen LogP contribution in [0.3, 0.4) is 0 Å². The molecule has 1 aliphatic rings. The molecule has 1 aromatic carbocycles. The molecular formula is C15H17NO3S. The van der Waals surface area contributed by atoms with Crippen LogP contribution in [0, 0.1) is 0 Å². The molecule has 0 radical (unpaired) electrons. The van der Waals surface area contributed by atoms with Crippen LogP contribution in [0.1, 0.15) is 36.7 Å². The zero-order valence-corrected chi connectivity index (χ0v) is 12.2. The monoisotopic (exact) mass is 291 g/mol. The lowest BCUT2D eigenvalue weighted by atomic mass is 9.90. The number of Topliss-reactive ketones (excluding diaryl/α,β-unsaturated/α-hetero) is 1. The van der Waals surface area contributed by atoms with Crippen LogP contribution in [0.5, 0.6) is 5.75 Å². The van der Waals surface area contributed by atoms with Gasteiger partial charge in [-0.15, -0.1) is 0 Å². The highest BCUT2D eigenvalue weighted by molar-refractivity contribution is 7.78. The SMILES string of the molecule is CCC(=O)c1cc2ccc(O[C@H]3C[C@@H](NS)C3)cc2o1. The summed E-state index contributed by atoms with van der Waals surface area (Å²) in [5.41, 5.74) is 0.697. The van der Waals surface area contributed by atoms with Gasteiger partial charge in [0.1, 0.15) is 17.4 Å². The van der Waals surface area contributed by atoms with Crippen molar-refractivity contribution in [3.05, 3.63) is 30.0 Å². The Labute approximate surface area is 123 Å². The van der Waals surface area contributed by atoms with Crippen molar-refractivity contribution in [3.63, 3.8) is 0 Å². The molecule has 0 saturated heterocycles. The minimum atomic E-state index is 0.0188. The van der Waals surface area contributed by atoms with Crippen molar-refractivity contribution in [2.45, 2.75) is 38.3 Å². The third kappa shape index (κ3) is 2.55. The molecule has 5 heteroatoms. The van der Waals surface area contributed by atoms with Crippen LogP contribution >= 0.6 is 12.8 Å². The smallest absolute Gasteiger partial charge is 0.197 e. The van der Waals surface area contributed by atoms with Gasteiger partial charge in [-0.2, -0.15) is 0 Å². The summed E-state index contributed by atoms with van der Waals surface area (Å²) in [6.07, 6.45) is 2.59. The first-order valence-electron chi connectivity index (χ1n) is 6.82. The number of fused-ring (bicyclic) bond motifs is 1. The van der Waals surface area contributed by atoms with Gasteiger partial charge in [-0.05, 0) is 18.2 Å². The third-order valence-electron chi connectivity index (χ3n) is 3.67. The molecule has 1 aromatic heterocycles. The van der Waals surface area contributed by atoms with Crippen molar-refractivity contribution in [2.24, 2.45) is 0 Å². The fourth-order valence-corrected chi connectivity index (χ4v) is 2.57. The van der Waals surface area contributed by atoms with Gasteiger partial charge in [0.15, 0.2) is 11.5 Å². The minimum Gasteiger partial charge on any atom is -0.490 e. The largest absolute Gasteiger partial charge is 0.490 e. The van der Waals surface area contributed by atoms with Gasteiger partial charge in [-0.3, -0.25) is 9.52 Å². The van der Waals surface area contributed by atoms with Crippen molar-refractivity contribution in [1.82, 2.24) is 4.72 Å². The average Bonchev–Trinajstić information content (AvgIpc) is 2.84. The molecular weight excluding hydrogens is 274 g/mol. The summed E-state index contributed by atoms with van der Waals surface area (Å²) in [6, 6.07) is 7.91.